The Hall–Kier alpha value is -3.07. The molecule has 3 heterocycles. The first-order chi connectivity index (χ1) is 18.2. The Labute approximate surface area is 229 Å². The number of aliphatic imine (C=N–C) groups is 1. The number of benzene rings is 1. The van der Waals surface area contributed by atoms with Crippen molar-refractivity contribution in [2.24, 2.45) is 10.9 Å². The Bertz CT molecular complexity index is 1170. The van der Waals surface area contributed by atoms with Crippen molar-refractivity contribution in [1.29, 1.82) is 0 Å². The van der Waals surface area contributed by atoms with Crippen molar-refractivity contribution in [3.8, 4) is 0 Å². The van der Waals surface area contributed by atoms with Crippen molar-refractivity contribution in [1.82, 2.24) is 9.80 Å². The van der Waals surface area contributed by atoms with E-state index in [4.69, 9.17) is 14.5 Å². The molecule has 0 unspecified atom stereocenters. The van der Waals surface area contributed by atoms with Crippen LogP contribution >= 0.6 is 11.8 Å². The molecule has 0 saturated carbocycles. The molecular weight excluding hydrogens is 502 g/mol. The number of likely N-dealkylation sites (tertiary alicyclic amines) is 1. The van der Waals surface area contributed by atoms with Crippen LogP contribution in [0.4, 0.5) is 0 Å². The van der Waals surface area contributed by atoms with Crippen molar-refractivity contribution in [2.45, 2.75) is 65.8 Å². The quantitative estimate of drug-likeness (QED) is 0.423. The number of esters is 2. The second-order valence-electron chi connectivity index (χ2n) is 10.0. The Morgan fingerprint density at radius 1 is 1.11 bits per heavy atom. The molecule has 4 rings (SSSR count). The normalized spacial score (nSPS) is 21.2. The van der Waals surface area contributed by atoms with Crippen LogP contribution in [-0.4, -0.2) is 59.1 Å². The number of allylic oxidation sites excluding steroid dienone is 1. The van der Waals surface area contributed by atoms with Crippen molar-refractivity contribution >= 4 is 34.8 Å². The van der Waals surface area contributed by atoms with Crippen LogP contribution in [0, 0.1) is 5.92 Å². The molecule has 9 heteroatoms. The Morgan fingerprint density at radius 2 is 1.82 bits per heavy atom. The molecule has 0 N–H and O–H groups in total. The maximum Gasteiger partial charge on any atom is 0.338 e. The van der Waals surface area contributed by atoms with Gasteiger partial charge in [-0.05, 0) is 56.1 Å². The number of carbonyl (C=O) groups excluding carboxylic acids is 3. The first-order valence-electron chi connectivity index (χ1n) is 13.4. The van der Waals surface area contributed by atoms with Crippen molar-refractivity contribution < 1.29 is 23.9 Å². The first kappa shape index (κ1) is 28.0. The smallest absolute Gasteiger partial charge is 0.338 e. The molecule has 8 nitrogen and oxygen atoms in total. The average molecular weight is 540 g/mol. The van der Waals surface area contributed by atoms with E-state index in [9.17, 15) is 14.4 Å². The third kappa shape index (κ3) is 5.82. The molecular formula is C29H37N3O5S. The van der Waals surface area contributed by atoms with Gasteiger partial charge >= 0.3 is 11.9 Å². The molecule has 0 radical (unpaired) electrons. The van der Waals surface area contributed by atoms with Crippen LogP contribution in [-0.2, 0) is 23.9 Å². The fraction of sp³-hybridized carbons (Fsp3) is 0.517. The fourth-order valence-corrected chi connectivity index (χ4v) is 6.11. The Morgan fingerprint density at radius 3 is 2.47 bits per heavy atom. The number of nitrogens with zero attached hydrogens (tertiary/aromatic N) is 3. The Kier molecular flexibility index (Phi) is 8.97. The maximum absolute atomic E-state index is 13.5. The van der Waals surface area contributed by atoms with Gasteiger partial charge in [-0.25, -0.2) is 9.79 Å². The van der Waals surface area contributed by atoms with Crippen molar-refractivity contribution in [3.63, 3.8) is 0 Å². The van der Waals surface area contributed by atoms with Gasteiger partial charge in [-0.1, -0.05) is 49.9 Å². The number of thioether (sulfide) groups is 1. The van der Waals surface area contributed by atoms with Crippen LogP contribution in [0.1, 0.15) is 77.0 Å². The van der Waals surface area contributed by atoms with Gasteiger partial charge in [0.05, 0.1) is 42.9 Å². The zero-order valence-electron chi connectivity index (χ0n) is 22.9. The minimum atomic E-state index is -0.453. The highest BCUT2D eigenvalue weighted by Crippen LogP contribution is 2.45. The highest BCUT2D eigenvalue weighted by molar-refractivity contribution is 8.16. The van der Waals surface area contributed by atoms with Crippen LogP contribution in [0.2, 0.25) is 0 Å². The van der Waals surface area contributed by atoms with Gasteiger partial charge in [0.1, 0.15) is 0 Å². The number of carbonyl (C=O) groups is 3. The highest BCUT2D eigenvalue weighted by Gasteiger charge is 2.41. The number of fused-ring (bicyclic) bond motifs is 1. The molecule has 204 valence electrons. The summed E-state index contributed by atoms with van der Waals surface area (Å²) in [5.41, 5.74) is 4.03. The van der Waals surface area contributed by atoms with E-state index in [1.165, 1.54) is 17.3 Å². The molecule has 1 aromatic carbocycles. The minimum absolute atomic E-state index is 0.0510. The molecule has 2 atom stereocenters. The summed E-state index contributed by atoms with van der Waals surface area (Å²) >= 11 is 1.46. The number of hydrogen-bond acceptors (Lipinski definition) is 8. The number of hydrogen-bond donors (Lipinski definition) is 0. The summed E-state index contributed by atoms with van der Waals surface area (Å²) in [6.45, 7) is 11.3. The zero-order chi connectivity index (χ0) is 27.4. The fourth-order valence-electron chi connectivity index (χ4n) is 5.14. The molecule has 0 spiro atoms. The molecule has 0 aromatic heterocycles. The molecule has 3 aliphatic rings. The van der Waals surface area contributed by atoms with E-state index in [0.717, 1.165) is 29.3 Å². The Balaban J connectivity index is 1.61. The van der Waals surface area contributed by atoms with Crippen molar-refractivity contribution in [3.05, 3.63) is 57.8 Å². The number of rotatable bonds is 8. The molecule has 1 aromatic rings. The topological polar surface area (TPSA) is 88.5 Å². The van der Waals surface area contributed by atoms with E-state index in [0.29, 0.717) is 36.9 Å². The summed E-state index contributed by atoms with van der Waals surface area (Å²) in [6.07, 6.45) is 1.64. The van der Waals surface area contributed by atoms with Gasteiger partial charge in [0.15, 0.2) is 5.17 Å². The van der Waals surface area contributed by atoms with Gasteiger partial charge in [-0.2, -0.15) is 0 Å². The molecule has 0 bridgehead atoms. The first-order valence-corrected chi connectivity index (χ1v) is 14.3. The summed E-state index contributed by atoms with van der Waals surface area (Å²) in [5, 5.41) is 2.68. The van der Waals surface area contributed by atoms with E-state index >= 15 is 0 Å². The molecule has 1 saturated heterocycles. The summed E-state index contributed by atoms with van der Waals surface area (Å²) < 4.78 is 10.6. The standard InChI is InChI=1S/C29H37N3O5S/c1-6-36-27(34)22-9-8-14-31(16-22)24(33)15-23-17-38-29-30-19(5)25(28(35)37-7-2)26(32(23)29)21-12-10-20(11-13-21)18(3)4/h10-13,17-18,22,26H,6-9,14-16H2,1-5H3/t22-,26+/m0/s1. The highest BCUT2D eigenvalue weighted by atomic mass is 32.2. The van der Waals surface area contributed by atoms with Gasteiger partial charge in [0.25, 0.3) is 0 Å². The minimum Gasteiger partial charge on any atom is -0.466 e. The number of amidine groups is 1. The van der Waals surface area contributed by atoms with E-state index in [-0.39, 0.29) is 30.8 Å². The average Bonchev–Trinajstić information content (AvgIpc) is 3.29. The summed E-state index contributed by atoms with van der Waals surface area (Å²) in [6, 6.07) is 7.82. The van der Waals surface area contributed by atoms with Gasteiger partial charge in [0.2, 0.25) is 5.91 Å². The largest absolute Gasteiger partial charge is 0.466 e. The number of ether oxygens (including phenoxy) is 2. The van der Waals surface area contributed by atoms with E-state index in [1.54, 1.807) is 18.7 Å². The lowest BCUT2D eigenvalue weighted by Crippen LogP contribution is -2.44. The molecule has 1 amide bonds. The zero-order valence-corrected chi connectivity index (χ0v) is 23.7. The van der Waals surface area contributed by atoms with Crippen LogP contribution < -0.4 is 0 Å². The van der Waals surface area contributed by atoms with Crippen molar-refractivity contribution in [2.75, 3.05) is 26.3 Å². The van der Waals surface area contributed by atoms with Crippen LogP contribution in [0.5, 0.6) is 0 Å². The predicted octanol–water partition coefficient (Wildman–Crippen LogP) is 5.14. The summed E-state index contributed by atoms with van der Waals surface area (Å²) in [5.74, 6) is -0.602. The lowest BCUT2D eigenvalue weighted by Gasteiger charge is -2.37. The lowest BCUT2D eigenvalue weighted by molar-refractivity contribution is -0.151. The maximum atomic E-state index is 13.5. The van der Waals surface area contributed by atoms with Crippen LogP contribution in [0.25, 0.3) is 0 Å². The number of piperidine rings is 1. The third-order valence-electron chi connectivity index (χ3n) is 7.14. The van der Waals surface area contributed by atoms with Gasteiger partial charge in [0, 0.05) is 18.8 Å². The lowest BCUT2D eigenvalue weighted by atomic mass is 9.91. The van der Waals surface area contributed by atoms with E-state index in [1.807, 2.05) is 29.4 Å². The van der Waals surface area contributed by atoms with E-state index in [2.05, 4.69) is 26.0 Å². The third-order valence-corrected chi connectivity index (χ3v) is 8.03. The predicted molar refractivity (Wildman–Crippen MR) is 148 cm³/mol. The van der Waals surface area contributed by atoms with E-state index < -0.39 is 12.0 Å². The SMILES string of the molecule is CCOC(=O)C1=C(C)N=C2SC=C(CC(=O)N3CCC[C@H](C(=O)OCC)C3)N2[C@@H]1c1ccc(C(C)C)cc1. The van der Waals surface area contributed by atoms with Crippen LogP contribution in [0.3, 0.4) is 0 Å². The molecule has 1 fully saturated rings. The number of amides is 1. The summed E-state index contributed by atoms with van der Waals surface area (Å²) in [4.78, 5) is 47.4. The van der Waals surface area contributed by atoms with Gasteiger partial charge < -0.3 is 19.3 Å². The second kappa shape index (κ2) is 12.2. The molecule has 3 aliphatic heterocycles. The van der Waals surface area contributed by atoms with Crippen LogP contribution in [0.15, 0.2) is 51.6 Å². The molecule has 38 heavy (non-hydrogen) atoms. The molecule has 0 aliphatic carbocycles. The van der Waals surface area contributed by atoms with Gasteiger partial charge in [-0.15, -0.1) is 0 Å². The second-order valence-corrected chi connectivity index (χ2v) is 10.9. The van der Waals surface area contributed by atoms with Gasteiger partial charge in [-0.3, -0.25) is 9.59 Å². The monoisotopic (exact) mass is 539 g/mol. The summed E-state index contributed by atoms with van der Waals surface area (Å²) in [7, 11) is 0.